The lowest BCUT2D eigenvalue weighted by Gasteiger charge is -2.10. The highest BCUT2D eigenvalue weighted by molar-refractivity contribution is 5.76. The first kappa shape index (κ1) is 14.2. The van der Waals surface area contributed by atoms with Gasteiger partial charge in [0.25, 0.3) is 0 Å². The number of anilines is 1. The van der Waals surface area contributed by atoms with Gasteiger partial charge < -0.3 is 5.32 Å². The molecule has 0 radical (unpaired) electrons. The number of para-hydroxylation sites is 2. The minimum absolute atomic E-state index is 0.589. The fraction of sp³-hybridized carbons (Fsp3) is 0.389. The van der Waals surface area contributed by atoms with Crippen LogP contribution >= 0.6 is 0 Å². The van der Waals surface area contributed by atoms with Crippen LogP contribution in [0.25, 0.3) is 11.0 Å². The number of hydrogen-bond donors (Lipinski definition) is 1. The van der Waals surface area contributed by atoms with Crippen LogP contribution in [-0.4, -0.2) is 19.7 Å². The summed E-state index contributed by atoms with van der Waals surface area (Å²) in [5.74, 6) is 0.833. The average molecular weight is 307 g/mol. The number of aromatic nitrogens is 4. The summed E-state index contributed by atoms with van der Waals surface area (Å²) in [4.78, 5) is 9.27. The van der Waals surface area contributed by atoms with Gasteiger partial charge in [-0.25, -0.2) is 9.97 Å². The molecule has 5 nitrogen and oxygen atoms in total. The summed E-state index contributed by atoms with van der Waals surface area (Å²) in [6.07, 6.45) is 7.26. The molecule has 118 valence electrons. The van der Waals surface area contributed by atoms with Gasteiger partial charge in [0.15, 0.2) is 0 Å². The first-order valence-corrected chi connectivity index (χ1v) is 8.31. The topological polar surface area (TPSA) is 55.6 Å². The molecule has 0 aliphatic heterocycles. The summed E-state index contributed by atoms with van der Waals surface area (Å²) in [5.41, 5.74) is 3.81. The van der Waals surface area contributed by atoms with Gasteiger partial charge in [0.2, 0.25) is 0 Å². The molecule has 4 rings (SSSR count). The Hall–Kier alpha value is -2.43. The molecule has 2 heterocycles. The fourth-order valence-electron chi connectivity index (χ4n) is 3.27. The van der Waals surface area contributed by atoms with Crippen LogP contribution in [0.3, 0.4) is 0 Å². The Balaban J connectivity index is 1.49. The molecule has 0 atom stereocenters. The molecule has 0 amide bonds. The van der Waals surface area contributed by atoms with Gasteiger partial charge in [-0.05, 0) is 38.0 Å². The standard InChI is InChI=1S/C18H21N5/c1-13-18(21-17-9-5-4-8-16(17)20-13)19-12-14-10-11-23(22-14)15-6-2-3-7-15/h4-5,8-11,15H,2-3,6-7,12H2,1H3,(H,19,21). The van der Waals surface area contributed by atoms with E-state index < -0.39 is 0 Å². The van der Waals surface area contributed by atoms with Gasteiger partial charge in [-0.2, -0.15) is 5.10 Å². The molecule has 0 saturated heterocycles. The molecule has 1 aromatic carbocycles. The number of hydrogen-bond acceptors (Lipinski definition) is 4. The van der Waals surface area contributed by atoms with Gasteiger partial charge in [0, 0.05) is 6.20 Å². The van der Waals surface area contributed by atoms with Crippen LogP contribution in [0.5, 0.6) is 0 Å². The summed E-state index contributed by atoms with van der Waals surface area (Å²) >= 11 is 0. The van der Waals surface area contributed by atoms with Crippen LogP contribution in [0.4, 0.5) is 5.82 Å². The van der Waals surface area contributed by atoms with E-state index in [0.717, 1.165) is 28.2 Å². The van der Waals surface area contributed by atoms with E-state index in [4.69, 9.17) is 5.10 Å². The monoisotopic (exact) mass is 307 g/mol. The Morgan fingerprint density at radius 3 is 2.61 bits per heavy atom. The number of aryl methyl sites for hydroxylation is 1. The van der Waals surface area contributed by atoms with Crippen molar-refractivity contribution in [3.05, 3.63) is 47.9 Å². The van der Waals surface area contributed by atoms with Crippen molar-refractivity contribution >= 4 is 16.9 Å². The van der Waals surface area contributed by atoms with Crippen LogP contribution in [0.15, 0.2) is 36.5 Å². The number of fused-ring (bicyclic) bond motifs is 1. The van der Waals surface area contributed by atoms with Crippen molar-refractivity contribution in [2.45, 2.75) is 45.2 Å². The lowest BCUT2D eigenvalue weighted by atomic mass is 10.3. The van der Waals surface area contributed by atoms with Gasteiger partial charge in [-0.15, -0.1) is 0 Å². The SMILES string of the molecule is Cc1nc2ccccc2nc1NCc1ccn(C2CCCC2)n1. The van der Waals surface area contributed by atoms with Gasteiger partial charge in [-0.3, -0.25) is 4.68 Å². The van der Waals surface area contributed by atoms with Crippen molar-refractivity contribution in [1.29, 1.82) is 0 Å². The van der Waals surface area contributed by atoms with Crippen LogP contribution in [0.2, 0.25) is 0 Å². The zero-order valence-electron chi connectivity index (χ0n) is 13.4. The molecule has 1 aliphatic rings. The third kappa shape index (κ3) is 2.91. The highest BCUT2D eigenvalue weighted by Gasteiger charge is 2.17. The Labute approximate surface area is 135 Å². The summed E-state index contributed by atoms with van der Waals surface area (Å²) in [6.45, 7) is 2.66. The average Bonchev–Trinajstić information content (AvgIpc) is 3.24. The molecule has 23 heavy (non-hydrogen) atoms. The van der Waals surface area contributed by atoms with Gasteiger partial charge in [0.05, 0.1) is 35.0 Å². The Morgan fingerprint density at radius 2 is 1.83 bits per heavy atom. The quantitative estimate of drug-likeness (QED) is 0.795. The molecule has 0 bridgehead atoms. The van der Waals surface area contributed by atoms with Crippen molar-refractivity contribution < 1.29 is 0 Å². The maximum Gasteiger partial charge on any atom is 0.148 e. The number of rotatable bonds is 4. The molecule has 2 aromatic heterocycles. The third-order valence-electron chi connectivity index (χ3n) is 4.54. The summed E-state index contributed by atoms with van der Waals surface area (Å²) in [7, 11) is 0. The van der Waals surface area contributed by atoms with Crippen molar-refractivity contribution in [1.82, 2.24) is 19.7 Å². The molecular weight excluding hydrogens is 286 g/mol. The highest BCUT2D eigenvalue weighted by atomic mass is 15.3. The molecule has 1 fully saturated rings. The fourth-order valence-corrected chi connectivity index (χ4v) is 3.27. The van der Waals surface area contributed by atoms with E-state index in [9.17, 15) is 0 Å². The molecule has 1 saturated carbocycles. The van der Waals surface area contributed by atoms with E-state index in [0.29, 0.717) is 12.6 Å². The second-order valence-electron chi connectivity index (χ2n) is 6.23. The Kier molecular flexibility index (Phi) is 3.69. The number of benzene rings is 1. The van der Waals surface area contributed by atoms with Crippen molar-refractivity contribution in [3.63, 3.8) is 0 Å². The summed E-state index contributed by atoms with van der Waals surface area (Å²) in [5, 5.41) is 8.08. The highest BCUT2D eigenvalue weighted by Crippen LogP contribution is 2.28. The minimum Gasteiger partial charge on any atom is -0.363 e. The lowest BCUT2D eigenvalue weighted by molar-refractivity contribution is 0.463. The first-order valence-electron chi connectivity index (χ1n) is 8.31. The van der Waals surface area contributed by atoms with E-state index in [1.165, 1.54) is 25.7 Å². The predicted octanol–water partition coefficient (Wildman–Crippen LogP) is 3.86. The van der Waals surface area contributed by atoms with E-state index >= 15 is 0 Å². The molecule has 5 heteroatoms. The van der Waals surface area contributed by atoms with Crippen LogP contribution in [-0.2, 0) is 6.54 Å². The van der Waals surface area contributed by atoms with Crippen LogP contribution < -0.4 is 5.32 Å². The summed E-state index contributed by atoms with van der Waals surface area (Å²) < 4.78 is 2.13. The summed E-state index contributed by atoms with van der Waals surface area (Å²) in [6, 6.07) is 10.6. The molecule has 3 aromatic rings. The van der Waals surface area contributed by atoms with Gasteiger partial charge in [-0.1, -0.05) is 25.0 Å². The molecule has 1 aliphatic carbocycles. The Morgan fingerprint density at radius 1 is 1.09 bits per heavy atom. The molecule has 0 unspecified atom stereocenters. The van der Waals surface area contributed by atoms with E-state index in [1.807, 2.05) is 31.2 Å². The first-order chi connectivity index (χ1) is 11.3. The number of nitrogens with one attached hydrogen (secondary N) is 1. The van der Waals surface area contributed by atoms with Crippen LogP contribution in [0.1, 0.15) is 43.1 Å². The lowest BCUT2D eigenvalue weighted by Crippen LogP contribution is -2.08. The number of nitrogens with zero attached hydrogens (tertiary/aromatic N) is 4. The van der Waals surface area contributed by atoms with Crippen molar-refractivity contribution in [3.8, 4) is 0 Å². The molecule has 1 N–H and O–H groups in total. The third-order valence-corrected chi connectivity index (χ3v) is 4.54. The molecule has 0 spiro atoms. The second kappa shape index (κ2) is 5.99. The zero-order valence-corrected chi connectivity index (χ0v) is 13.4. The van der Waals surface area contributed by atoms with E-state index in [-0.39, 0.29) is 0 Å². The Bertz CT molecular complexity index is 817. The largest absolute Gasteiger partial charge is 0.363 e. The van der Waals surface area contributed by atoms with E-state index in [1.54, 1.807) is 0 Å². The smallest absolute Gasteiger partial charge is 0.148 e. The van der Waals surface area contributed by atoms with E-state index in [2.05, 4.69) is 32.2 Å². The van der Waals surface area contributed by atoms with Gasteiger partial charge in [0.1, 0.15) is 5.82 Å². The zero-order chi connectivity index (χ0) is 15.6. The normalized spacial score (nSPS) is 15.3. The molecular formula is C18H21N5. The van der Waals surface area contributed by atoms with Crippen molar-refractivity contribution in [2.75, 3.05) is 5.32 Å². The second-order valence-corrected chi connectivity index (χ2v) is 6.23. The van der Waals surface area contributed by atoms with Crippen LogP contribution in [0, 0.1) is 6.92 Å². The van der Waals surface area contributed by atoms with Gasteiger partial charge >= 0.3 is 0 Å². The minimum atomic E-state index is 0.589. The maximum atomic E-state index is 4.71. The predicted molar refractivity (Wildman–Crippen MR) is 91.3 cm³/mol. The maximum absolute atomic E-state index is 4.71. The van der Waals surface area contributed by atoms with Crippen molar-refractivity contribution in [2.24, 2.45) is 0 Å².